The quantitative estimate of drug-likeness (QED) is 0.853. The number of nitrogens with two attached hydrogens (primary N) is 1. The van der Waals surface area contributed by atoms with Gasteiger partial charge in [-0.05, 0) is 17.7 Å². The van der Waals surface area contributed by atoms with E-state index in [2.05, 4.69) is 0 Å². The number of hydrogen-bond acceptors (Lipinski definition) is 2. The van der Waals surface area contributed by atoms with E-state index in [1.165, 1.54) is 12.1 Å². The van der Waals surface area contributed by atoms with Crippen molar-refractivity contribution < 1.29 is 22.7 Å². The predicted octanol–water partition coefficient (Wildman–Crippen LogP) is 3.02. The fourth-order valence-corrected chi connectivity index (χ4v) is 2.19. The van der Waals surface area contributed by atoms with Crippen LogP contribution >= 0.6 is 0 Å². The Morgan fingerprint density at radius 1 is 0.905 bits per heavy atom. The van der Waals surface area contributed by atoms with Crippen molar-refractivity contribution >= 4 is 0 Å². The molecule has 0 bridgehead atoms. The molecule has 0 radical (unpaired) electrons. The largest absolute Gasteiger partial charge is 0.388 e. The van der Waals surface area contributed by atoms with E-state index in [0.717, 1.165) is 12.1 Å². The van der Waals surface area contributed by atoms with Crippen LogP contribution in [0, 0.1) is 23.3 Å². The Kier molecular flexibility index (Phi) is 4.59. The molecule has 0 heterocycles. The Bertz CT molecular complexity index is 607. The zero-order valence-corrected chi connectivity index (χ0v) is 10.9. The maximum absolute atomic E-state index is 13.7. The molecule has 0 amide bonds. The van der Waals surface area contributed by atoms with Gasteiger partial charge < -0.3 is 10.8 Å². The van der Waals surface area contributed by atoms with Crippen LogP contribution in [0.15, 0.2) is 36.4 Å². The fourth-order valence-electron chi connectivity index (χ4n) is 2.19. The minimum Gasteiger partial charge on any atom is -0.388 e. The Morgan fingerprint density at radius 2 is 1.43 bits per heavy atom. The summed E-state index contributed by atoms with van der Waals surface area (Å²) >= 11 is 0. The van der Waals surface area contributed by atoms with Crippen molar-refractivity contribution in [1.82, 2.24) is 0 Å². The number of aliphatic hydroxyl groups excluding tert-OH is 1. The van der Waals surface area contributed by atoms with Gasteiger partial charge in [-0.1, -0.05) is 12.1 Å². The first-order valence-electron chi connectivity index (χ1n) is 6.22. The Hall–Kier alpha value is -1.92. The van der Waals surface area contributed by atoms with Crippen LogP contribution in [0.5, 0.6) is 0 Å². The van der Waals surface area contributed by atoms with E-state index >= 15 is 0 Å². The standard InChI is InChI=1S/C15H13F4NO/c16-9-3-1-8(2-4-9)11(7-20)15(21)14-12(18)5-10(17)6-13(14)19/h1-6,11,15,21H,7,20H2. The summed E-state index contributed by atoms with van der Waals surface area (Å²) in [5, 5.41) is 10.2. The highest BCUT2D eigenvalue weighted by Crippen LogP contribution is 2.33. The van der Waals surface area contributed by atoms with Gasteiger partial charge in [0, 0.05) is 24.6 Å². The third kappa shape index (κ3) is 3.22. The van der Waals surface area contributed by atoms with Gasteiger partial charge in [0.25, 0.3) is 0 Å². The number of hydrogen-bond donors (Lipinski definition) is 2. The van der Waals surface area contributed by atoms with Crippen LogP contribution in [-0.4, -0.2) is 11.7 Å². The molecular formula is C15H13F4NO. The van der Waals surface area contributed by atoms with Crippen LogP contribution < -0.4 is 5.73 Å². The van der Waals surface area contributed by atoms with Crippen LogP contribution in [-0.2, 0) is 0 Å². The van der Waals surface area contributed by atoms with Gasteiger partial charge in [0.15, 0.2) is 0 Å². The SMILES string of the molecule is NCC(c1ccc(F)cc1)C(O)c1c(F)cc(F)cc1F. The summed E-state index contributed by atoms with van der Waals surface area (Å²) in [7, 11) is 0. The van der Waals surface area contributed by atoms with Crippen LogP contribution in [0.4, 0.5) is 17.6 Å². The number of aliphatic hydroxyl groups is 1. The number of rotatable bonds is 4. The van der Waals surface area contributed by atoms with Gasteiger partial charge in [-0.25, -0.2) is 17.6 Å². The van der Waals surface area contributed by atoms with Gasteiger partial charge in [0.1, 0.15) is 23.3 Å². The Morgan fingerprint density at radius 3 is 1.90 bits per heavy atom. The molecule has 2 unspecified atom stereocenters. The Labute approximate surface area is 118 Å². The first-order valence-corrected chi connectivity index (χ1v) is 6.22. The number of halogens is 4. The molecule has 0 aliphatic rings. The van der Waals surface area contributed by atoms with Crippen molar-refractivity contribution in [3.05, 3.63) is 70.8 Å². The van der Waals surface area contributed by atoms with Gasteiger partial charge in [0.2, 0.25) is 0 Å². The monoisotopic (exact) mass is 299 g/mol. The molecule has 0 aliphatic heterocycles. The maximum Gasteiger partial charge on any atom is 0.134 e. The first-order chi connectivity index (χ1) is 9.93. The third-order valence-corrected chi connectivity index (χ3v) is 3.27. The number of benzene rings is 2. The molecule has 2 nitrogen and oxygen atoms in total. The average molecular weight is 299 g/mol. The molecule has 0 spiro atoms. The van der Waals surface area contributed by atoms with E-state index in [9.17, 15) is 22.7 Å². The first kappa shape index (κ1) is 15.5. The molecule has 2 aromatic carbocycles. The van der Waals surface area contributed by atoms with Crippen molar-refractivity contribution in [2.45, 2.75) is 12.0 Å². The zero-order valence-electron chi connectivity index (χ0n) is 10.9. The van der Waals surface area contributed by atoms with Gasteiger partial charge >= 0.3 is 0 Å². The molecule has 0 saturated heterocycles. The summed E-state index contributed by atoms with van der Waals surface area (Å²) in [6.45, 7) is -0.122. The normalized spacial score (nSPS) is 14.0. The molecule has 0 saturated carbocycles. The van der Waals surface area contributed by atoms with Crippen molar-refractivity contribution in [3.63, 3.8) is 0 Å². The van der Waals surface area contributed by atoms with E-state index in [0.29, 0.717) is 17.7 Å². The van der Waals surface area contributed by atoms with Gasteiger partial charge in [0.05, 0.1) is 11.7 Å². The minimum atomic E-state index is -1.61. The zero-order chi connectivity index (χ0) is 15.6. The lowest BCUT2D eigenvalue weighted by atomic mass is 9.88. The highest BCUT2D eigenvalue weighted by atomic mass is 19.1. The van der Waals surface area contributed by atoms with Crippen LogP contribution in [0.3, 0.4) is 0 Å². The van der Waals surface area contributed by atoms with Gasteiger partial charge in [-0.3, -0.25) is 0 Å². The van der Waals surface area contributed by atoms with Crippen molar-refractivity contribution in [2.75, 3.05) is 6.54 Å². The molecule has 21 heavy (non-hydrogen) atoms. The molecule has 2 rings (SSSR count). The topological polar surface area (TPSA) is 46.2 Å². The Balaban J connectivity index is 2.41. The van der Waals surface area contributed by atoms with Crippen molar-refractivity contribution in [3.8, 4) is 0 Å². The summed E-state index contributed by atoms with van der Waals surface area (Å²) in [5.74, 6) is -4.80. The summed E-state index contributed by atoms with van der Waals surface area (Å²) in [6.07, 6.45) is -1.61. The highest BCUT2D eigenvalue weighted by molar-refractivity contribution is 5.29. The molecule has 6 heteroatoms. The second-order valence-corrected chi connectivity index (χ2v) is 4.62. The molecule has 3 N–H and O–H groups in total. The summed E-state index contributed by atoms with van der Waals surface area (Å²) < 4.78 is 53.2. The van der Waals surface area contributed by atoms with E-state index < -0.39 is 40.9 Å². The smallest absolute Gasteiger partial charge is 0.134 e. The fraction of sp³-hybridized carbons (Fsp3) is 0.200. The highest BCUT2D eigenvalue weighted by Gasteiger charge is 2.27. The molecular weight excluding hydrogens is 286 g/mol. The van der Waals surface area contributed by atoms with Crippen molar-refractivity contribution in [2.24, 2.45) is 5.73 Å². The summed E-state index contributed by atoms with van der Waals surface area (Å²) in [6, 6.07) is 6.02. The lowest BCUT2D eigenvalue weighted by Crippen LogP contribution is -2.22. The lowest BCUT2D eigenvalue weighted by Gasteiger charge is -2.23. The molecule has 0 aromatic heterocycles. The predicted molar refractivity (Wildman–Crippen MR) is 69.5 cm³/mol. The van der Waals surface area contributed by atoms with Crippen LogP contribution in [0.1, 0.15) is 23.1 Å². The molecule has 112 valence electrons. The van der Waals surface area contributed by atoms with E-state index in [1.54, 1.807) is 0 Å². The van der Waals surface area contributed by atoms with Gasteiger partial charge in [-0.15, -0.1) is 0 Å². The van der Waals surface area contributed by atoms with Crippen molar-refractivity contribution in [1.29, 1.82) is 0 Å². The maximum atomic E-state index is 13.7. The third-order valence-electron chi connectivity index (χ3n) is 3.27. The van der Waals surface area contributed by atoms with Gasteiger partial charge in [-0.2, -0.15) is 0 Å². The molecule has 0 aliphatic carbocycles. The second-order valence-electron chi connectivity index (χ2n) is 4.62. The summed E-state index contributed by atoms with van der Waals surface area (Å²) in [5.41, 5.74) is 5.31. The second kappa shape index (κ2) is 6.24. The minimum absolute atomic E-state index is 0.122. The molecule has 0 fully saturated rings. The average Bonchev–Trinajstić information content (AvgIpc) is 2.40. The van der Waals surface area contributed by atoms with E-state index in [1.807, 2.05) is 0 Å². The van der Waals surface area contributed by atoms with Crippen LogP contribution in [0.25, 0.3) is 0 Å². The molecule has 2 atom stereocenters. The molecule has 2 aromatic rings. The summed E-state index contributed by atoms with van der Waals surface area (Å²) in [4.78, 5) is 0. The van der Waals surface area contributed by atoms with E-state index in [4.69, 9.17) is 5.73 Å². The lowest BCUT2D eigenvalue weighted by molar-refractivity contribution is 0.138. The van der Waals surface area contributed by atoms with E-state index in [-0.39, 0.29) is 6.54 Å². The van der Waals surface area contributed by atoms with Crippen LogP contribution in [0.2, 0.25) is 0 Å².